The van der Waals surface area contributed by atoms with Crippen LogP contribution in [-0.2, 0) is 21.5 Å². The molecule has 0 unspecified atom stereocenters. The minimum Gasteiger partial charge on any atom is -0.497 e. The molecule has 4 N–H and O–H groups in total. The highest BCUT2D eigenvalue weighted by Gasteiger charge is 2.48. The Morgan fingerprint density at radius 3 is 2.46 bits per heavy atom. The molecule has 14 nitrogen and oxygen atoms in total. The first-order valence-electron chi connectivity index (χ1n) is 15.4. The predicted molar refractivity (Wildman–Crippen MR) is 171 cm³/mol. The van der Waals surface area contributed by atoms with Crippen LogP contribution in [0.3, 0.4) is 0 Å². The number of carbonyl (C=O) groups excluding carboxylic acids is 3. The van der Waals surface area contributed by atoms with Gasteiger partial charge in [0.1, 0.15) is 35.2 Å². The van der Waals surface area contributed by atoms with Crippen molar-refractivity contribution >= 4 is 35.0 Å². The number of anilines is 3. The number of rotatable bonds is 11. The van der Waals surface area contributed by atoms with Gasteiger partial charge in [0.15, 0.2) is 0 Å². The van der Waals surface area contributed by atoms with E-state index in [9.17, 15) is 28.3 Å². The molecule has 1 saturated heterocycles. The zero-order valence-electron chi connectivity index (χ0n) is 27.0. The smallest absolute Gasteiger partial charge is 0.317 e. The first kappa shape index (κ1) is 34.2. The van der Waals surface area contributed by atoms with Gasteiger partial charge in [-0.15, -0.1) is 0 Å². The van der Waals surface area contributed by atoms with Crippen molar-refractivity contribution in [2.45, 2.75) is 51.0 Å². The molecule has 0 radical (unpaired) electrons. The Bertz CT molecular complexity index is 1680. The van der Waals surface area contributed by atoms with Gasteiger partial charge in [0.25, 0.3) is 5.91 Å². The molecule has 256 valence electrons. The molecule has 4 heterocycles. The number of methoxy groups -OCH3 is 2. The summed E-state index contributed by atoms with van der Waals surface area (Å²) in [6, 6.07) is 8.47. The molecule has 3 amide bonds. The van der Waals surface area contributed by atoms with Crippen LogP contribution in [-0.4, -0.2) is 84.7 Å². The second-order valence-electron chi connectivity index (χ2n) is 11.9. The molecular formula is C32H38F2N8O6. The first-order chi connectivity index (χ1) is 23.0. The average molecular weight is 669 g/mol. The van der Waals surface area contributed by atoms with Gasteiger partial charge in [-0.25, -0.2) is 15.0 Å². The number of halogens is 2. The number of aromatic nitrogens is 3. The Morgan fingerprint density at radius 2 is 1.79 bits per heavy atom. The monoisotopic (exact) mass is 668 g/mol. The molecule has 2 aliphatic rings. The fourth-order valence-electron chi connectivity index (χ4n) is 6.07. The van der Waals surface area contributed by atoms with E-state index in [1.807, 2.05) is 31.4 Å². The number of nitrogens with one attached hydrogen (secondary N) is 3. The molecular weight excluding hydrogens is 630 g/mol. The number of piperidine rings is 1. The topological polar surface area (TPSA) is 171 Å². The van der Waals surface area contributed by atoms with Crippen LogP contribution in [0.15, 0.2) is 36.7 Å². The Morgan fingerprint density at radius 1 is 1.06 bits per heavy atom. The van der Waals surface area contributed by atoms with Crippen molar-refractivity contribution in [3.63, 3.8) is 0 Å². The Labute approximate surface area is 275 Å². The van der Waals surface area contributed by atoms with Crippen molar-refractivity contribution in [1.82, 2.24) is 25.8 Å². The Hall–Kier alpha value is -5.12. The molecule has 2 aromatic heterocycles. The molecule has 0 bridgehead atoms. The molecule has 2 aliphatic heterocycles. The van der Waals surface area contributed by atoms with Crippen LogP contribution < -0.4 is 35.4 Å². The second-order valence-corrected chi connectivity index (χ2v) is 11.9. The molecule has 0 aliphatic carbocycles. The summed E-state index contributed by atoms with van der Waals surface area (Å²) in [5.41, 5.74) is 5.37. The number of carbonyl (C=O) groups is 3. The molecule has 1 fully saturated rings. The van der Waals surface area contributed by atoms with Crippen LogP contribution in [0.2, 0.25) is 0 Å². The van der Waals surface area contributed by atoms with Gasteiger partial charge in [0.2, 0.25) is 5.91 Å². The number of ether oxygens (including phenoxy) is 2. The van der Waals surface area contributed by atoms with E-state index in [0.29, 0.717) is 60.4 Å². The number of benzene rings is 1. The summed E-state index contributed by atoms with van der Waals surface area (Å²) in [7, 11) is 3.14. The van der Waals surface area contributed by atoms with Crippen LogP contribution in [0.25, 0.3) is 0 Å². The quantitative estimate of drug-likeness (QED) is 0.221. The number of hydrogen-bond acceptors (Lipinski definition) is 11. The lowest BCUT2D eigenvalue weighted by Crippen LogP contribution is -2.44. The fraction of sp³-hybridized carbons (Fsp3) is 0.438. The molecule has 0 atom stereocenters. The minimum absolute atomic E-state index is 0.0704. The highest BCUT2D eigenvalue weighted by molar-refractivity contribution is 6.08. The van der Waals surface area contributed by atoms with E-state index < -0.39 is 23.7 Å². The molecule has 5 rings (SSSR count). The maximum atomic E-state index is 13.9. The number of aliphatic hydroxyl groups is 1. The maximum Gasteiger partial charge on any atom is 0.317 e. The lowest BCUT2D eigenvalue weighted by atomic mass is 9.86. The highest BCUT2D eigenvalue weighted by Crippen LogP contribution is 2.46. The summed E-state index contributed by atoms with van der Waals surface area (Å²) in [5.74, 6) is -0.300. The van der Waals surface area contributed by atoms with Gasteiger partial charge in [-0.05, 0) is 51.0 Å². The lowest BCUT2D eigenvalue weighted by Gasteiger charge is -2.35. The SMILES string of the molecule is COc1ccc(CN2C(=O)C(C)(C)c3c(N4CCC(c5nc(C(=O)NNC(=O)C(F)F)ccc5NCCO)CC4)ncnc32)c(OC)c1. The fourth-order valence-corrected chi connectivity index (χ4v) is 6.07. The van der Waals surface area contributed by atoms with Crippen molar-refractivity contribution in [3.8, 4) is 11.5 Å². The summed E-state index contributed by atoms with van der Waals surface area (Å²) in [4.78, 5) is 55.2. The van der Waals surface area contributed by atoms with Crippen molar-refractivity contribution in [1.29, 1.82) is 0 Å². The zero-order chi connectivity index (χ0) is 34.6. The summed E-state index contributed by atoms with van der Waals surface area (Å²) >= 11 is 0. The van der Waals surface area contributed by atoms with E-state index in [1.54, 1.807) is 36.7 Å². The molecule has 16 heteroatoms. The van der Waals surface area contributed by atoms with Gasteiger partial charge < -0.3 is 24.8 Å². The van der Waals surface area contributed by atoms with Crippen molar-refractivity contribution in [2.75, 3.05) is 55.6 Å². The summed E-state index contributed by atoms with van der Waals surface area (Å²) < 4.78 is 36.0. The van der Waals surface area contributed by atoms with Crippen LogP contribution >= 0.6 is 0 Å². The number of amides is 3. The minimum atomic E-state index is -3.29. The second kappa shape index (κ2) is 14.3. The zero-order valence-corrected chi connectivity index (χ0v) is 27.0. The van der Waals surface area contributed by atoms with Gasteiger partial charge in [0.05, 0.1) is 49.7 Å². The van der Waals surface area contributed by atoms with E-state index in [0.717, 1.165) is 11.1 Å². The third-order valence-corrected chi connectivity index (χ3v) is 8.55. The van der Waals surface area contributed by atoms with Crippen LogP contribution in [0.5, 0.6) is 11.5 Å². The number of pyridine rings is 1. The van der Waals surface area contributed by atoms with Gasteiger partial charge in [0, 0.05) is 37.2 Å². The first-order valence-corrected chi connectivity index (χ1v) is 15.4. The Kier molecular flexibility index (Phi) is 10.2. The number of nitrogens with zero attached hydrogens (tertiary/aromatic N) is 5. The van der Waals surface area contributed by atoms with E-state index in [4.69, 9.17) is 9.47 Å². The number of hydrogen-bond donors (Lipinski definition) is 4. The molecule has 3 aromatic rings. The van der Waals surface area contributed by atoms with E-state index >= 15 is 0 Å². The lowest BCUT2D eigenvalue weighted by molar-refractivity contribution is -0.132. The number of hydrazine groups is 1. The normalized spacial score (nSPS) is 15.7. The van der Waals surface area contributed by atoms with E-state index in [2.05, 4.69) is 25.2 Å². The van der Waals surface area contributed by atoms with Crippen LogP contribution in [0.4, 0.5) is 26.1 Å². The van der Waals surface area contributed by atoms with E-state index in [1.165, 1.54) is 12.4 Å². The third kappa shape index (κ3) is 6.79. The number of fused-ring (bicyclic) bond motifs is 1. The Balaban J connectivity index is 1.37. The van der Waals surface area contributed by atoms with Crippen LogP contribution in [0, 0.1) is 0 Å². The van der Waals surface area contributed by atoms with E-state index in [-0.39, 0.29) is 37.2 Å². The van der Waals surface area contributed by atoms with Crippen molar-refractivity contribution < 1.29 is 37.7 Å². The molecule has 48 heavy (non-hydrogen) atoms. The largest absolute Gasteiger partial charge is 0.497 e. The highest BCUT2D eigenvalue weighted by atomic mass is 19.3. The van der Waals surface area contributed by atoms with Crippen molar-refractivity contribution in [3.05, 3.63) is 59.2 Å². The van der Waals surface area contributed by atoms with Gasteiger partial charge in [-0.3, -0.25) is 30.1 Å². The van der Waals surface area contributed by atoms with Crippen molar-refractivity contribution in [2.24, 2.45) is 0 Å². The average Bonchev–Trinajstić information content (AvgIpc) is 3.29. The summed E-state index contributed by atoms with van der Waals surface area (Å²) in [5, 5.41) is 12.5. The van der Waals surface area contributed by atoms with Gasteiger partial charge >= 0.3 is 12.3 Å². The van der Waals surface area contributed by atoms with Gasteiger partial charge in [-0.1, -0.05) is 0 Å². The predicted octanol–water partition coefficient (Wildman–Crippen LogP) is 2.53. The third-order valence-electron chi connectivity index (χ3n) is 8.55. The maximum absolute atomic E-state index is 13.9. The molecule has 1 aromatic carbocycles. The number of alkyl halides is 2. The molecule has 0 spiro atoms. The standard InChI is InChI=1S/C32H38F2N8O6/c1-32(2)24-27(36-17-37-28(24)42(31(32)46)16-19-5-6-20(47-3)15-23(19)48-4)41-12-9-18(10-13-41)25-21(35-11-14-43)7-8-22(38-25)29(44)39-40-30(45)26(33)34/h5-8,15,17-18,26,35,43H,9-14,16H2,1-4H3,(H,39,44)(H,40,45). The summed E-state index contributed by atoms with van der Waals surface area (Å²) in [6.07, 6.45) is -0.619. The number of aliphatic hydroxyl groups excluding tert-OH is 1. The molecule has 0 saturated carbocycles. The van der Waals surface area contributed by atoms with Crippen LogP contribution in [0.1, 0.15) is 59.9 Å². The van der Waals surface area contributed by atoms with Gasteiger partial charge in [-0.2, -0.15) is 8.78 Å². The summed E-state index contributed by atoms with van der Waals surface area (Å²) in [6.45, 7) is 5.18.